The van der Waals surface area contributed by atoms with Gasteiger partial charge in [0.25, 0.3) is 5.91 Å². The Balaban J connectivity index is 1.86. The Morgan fingerprint density at radius 3 is 2.38 bits per heavy atom. The average molecular weight is 421 g/mol. The van der Waals surface area contributed by atoms with Gasteiger partial charge in [-0.3, -0.25) is 4.79 Å². The van der Waals surface area contributed by atoms with Gasteiger partial charge in [0.2, 0.25) is 0 Å². The quantitative estimate of drug-likeness (QED) is 0.384. The molecule has 0 unspecified atom stereocenters. The van der Waals surface area contributed by atoms with Crippen LogP contribution in [0.25, 0.3) is 22.2 Å². The van der Waals surface area contributed by atoms with E-state index in [0.717, 1.165) is 33.3 Å². The smallest absolute Gasteiger partial charge is 0.256 e. The first-order valence-corrected chi connectivity index (χ1v) is 9.92. The highest BCUT2D eigenvalue weighted by Crippen LogP contribution is 2.29. The van der Waals surface area contributed by atoms with Crippen molar-refractivity contribution >= 4 is 45.7 Å². The van der Waals surface area contributed by atoms with Crippen molar-refractivity contribution in [2.45, 2.75) is 13.8 Å². The Hall–Kier alpha value is -2.88. The molecule has 3 nitrogen and oxygen atoms in total. The Labute approximate surface area is 179 Å². The molecule has 1 N–H and O–H groups in total. The number of aryl methyl sites for hydroxylation is 2. The number of hydrogen-bond donors (Lipinski definition) is 1. The molecule has 0 spiro atoms. The summed E-state index contributed by atoms with van der Waals surface area (Å²) in [5, 5.41) is 4.58. The molecular formula is C24H18Cl2N2O. The van der Waals surface area contributed by atoms with Crippen LogP contribution >= 0.6 is 23.2 Å². The number of nitrogens with one attached hydrogen (secondary N) is 1. The number of hydrogen-bond acceptors (Lipinski definition) is 2. The van der Waals surface area contributed by atoms with E-state index < -0.39 is 0 Å². The molecule has 0 saturated carbocycles. The van der Waals surface area contributed by atoms with Crippen LogP contribution in [0.15, 0.2) is 66.7 Å². The zero-order valence-corrected chi connectivity index (χ0v) is 17.5. The number of amides is 1. The molecule has 144 valence electrons. The van der Waals surface area contributed by atoms with E-state index in [0.29, 0.717) is 21.3 Å². The van der Waals surface area contributed by atoms with E-state index in [1.807, 2.05) is 56.3 Å². The number of carbonyl (C=O) groups is 1. The normalized spacial score (nSPS) is 10.9. The number of nitrogens with zero attached hydrogens (tertiary/aromatic N) is 1. The van der Waals surface area contributed by atoms with E-state index in [-0.39, 0.29) is 5.91 Å². The molecule has 0 atom stereocenters. The van der Waals surface area contributed by atoms with Gasteiger partial charge >= 0.3 is 0 Å². The van der Waals surface area contributed by atoms with E-state index in [9.17, 15) is 4.79 Å². The molecule has 0 saturated heterocycles. The predicted molar refractivity (Wildman–Crippen MR) is 121 cm³/mol. The summed E-state index contributed by atoms with van der Waals surface area (Å²) in [5.41, 5.74) is 5.78. The fourth-order valence-electron chi connectivity index (χ4n) is 3.40. The van der Waals surface area contributed by atoms with E-state index in [4.69, 9.17) is 28.2 Å². The van der Waals surface area contributed by atoms with Gasteiger partial charge in [-0.2, -0.15) is 0 Å². The van der Waals surface area contributed by atoms with Gasteiger partial charge in [0, 0.05) is 16.6 Å². The predicted octanol–water partition coefficient (Wildman–Crippen LogP) is 7.08. The van der Waals surface area contributed by atoms with Crippen molar-refractivity contribution in [2.24, 2.45) is 0 Å². The van der Waals surface area contributed by atoms with Gasteiger partial charge in [0.1, 0.15) is 0 Å². The lowest BCUT2D eigenvalue weighted by atomic mass is 9.99. The molecule has 0 aliphatic rings. The van der Waals surface area contributed by atoms with E-state index in [1.54, 1.807) is 18.2 Å². The van der Waals surface area contributed by atoms with Crippen LogP contribution in [-0.2, 0) is 0 Å². The summed E-state index contributed by atoms with van der Waals surface area (Å²) in [6, 6.07) is 20.8. The zero-order chi connectivity index (χ0) is 20.5. The fourth-order valence-corrected chi connectivity index (χ4v) is 3.70. The minimum atomic E-state index is -0.224. The summed E-state index contributed by atoms with van der Waals surface area (Å²) in [6.07, 6.45) is 0. The highest BCUT2D eigenvalue weighted by molar-refractivity contribution is 6.42. The third-order valence-corrected chi connectivity index (χ3v) is 5.48. The third-order valence-electron chi connectivity index (χ3n) is 4.74. The molecule has 3 aromatic carbocycles. The summed E-state index contributed by atoms with van der Waals surface area (Å²) in [7, 11) is 0. The summed E-state index contributed by atoms with van der Waals surface area (Å²) in [5.74, 6) is -0.224. The molecule has 29 heavy (non-hydrogen) atoms. The van der Waals surface area contributed by atoms with Crippen LogP contribution in [-0.4, -0.2) is 10.9 Å². The lowest BCUT2D eigenvalue weighted by Crippen LogP contribution is -2.13. The second kappa shape index (κ2) is 7.86. The Morgan fingerprint density at radius 2 is 1.66 bits per heavy atom. The maximum Gasteiger partial charge on any atom is 0.256 e. The standard InChI is InChI=1S/C24H18Cl2N2O/c1-14-10-15(2)23-18(11-14)19(13-22(28-23)16-6-4-3-5-7-16)24(29)27-17-8-9-20(25)21(26)12-17/h3-13H,1-2H3,(H,27,29). The van der Waals surface area contributed by atoms with E-state index >= 15 is 0 Å². The van der Waals surface area contributed by atoms with Crippen molar-refractivity contribution in [2.75, 3.05) is 5.32 Å². The number of aromatic nitrogens is 1. The highest BCUT2D eigenvalue weighted by Gasteiger charge is 2.16. The number of carbonyl (C=O) groups excluding carboxylic acids is 1. The van der Waals surface area contributed by atoms with Gasteiger partial charge in [-0.25, -0.2) is 4.98 Å². The maximum absolute atomic E-state index is 13.2. The first-order valence-electron chi connectivity index (χ1n) is 9.16. The van der Waals surface area contributed by atoms with E-state index in [2.05, 4.69) is 11.4 Å². The lowest BCUT2D eigenvalue weighted by Gasteiger charge is -2.13. The molecule has 0 aliphatic carbocycles. The first-order chi connectivity index (χ1) is 13.9. The SMILES string of the molecule is Cc1cc(C)c2nc(-c3ccccc3)cc(C(=O)Nc3ccc(Cl)c(Cl)c3)c2c1. The van der Waals surface area contributed by atoms with Crippen molar-refractivity contribution < 1.29 is 4.79 Å². The van der Waals surface area contributed by atoms with Crippen LogP contribution in [0.1, 0.15) is 21.5 Å². The van der Waals surface area contributed by atoms with Crippen LogP contribution in [0.2, 0.25) is 10.0 Å². The summed E-state index contributed by atoms with van der Waals surface area (Å²) < 4.78 is 0. The van der Waals surface area contributed by atoms with Crippen molar-refractivity contribution in [3.8, 4) is 11.3 Å². The molecule has 5 heteroatoms. The van der Waals surface area contributed by atoms with Gasteiger partial charge in [-0.05, 0) is 49.7 Å². The molecule has 4 aromatic rings. The largest absolute Gasteiger partial charge is 0.322 e. The Bertz CT molecular complexity index is 1240. The summed E-state index contributed by atoms with van der Waals surface area (Å²) in [6.45, 7) is 4.02. The monoisotopic (exact) mass is 420 g/mol. The second-order valence-corrected chi connectivity index (χ2v) is 7.80. The van der Waals surface area contributed by atoms with Gasteiger partial charge in [0.05, 0.1) is 26.8 Å². The minimum absolute atomic E-state index is 0.224. The van der Waals surface area contributed by atoms with Gasteiger partial charge < -0.3 is 5.32 Å². The Kier molecular flexibility index (Phi) is 5.27. The molecule has 1 heterocycles. The molecule has 0 bridgehead atoms. The maximum atomic E-state index is 13.2. The molecule has 1 aromatic heterocycles. The average Bonchev–Trinajstić information content (AvgIpc) is 2.70. The highest BCUT2D eigenvalue weighted by atomic mass is 35.5. The van der Waals surface area contributed by atoms with Gasteiger partial charge in [-0.1, -0.05) is 65.2 Å². The molecule has 0 radical (unpaired) electrons. The molecule has 4 rings (SSSR count). The number of anilines is 1. The number of pyridine rings is 1. The van der Waals surface area contributed by atoms with Crippen LogP contribution in [0.3, 0.4) is 0 Å². The molecule has 0 aliphatic heterocycles. The van der Waals surface area contributed by atoms with Crippen molar-refractivity contribution in [1.82, 2.24) is 4.98 Å². The molecule has 0 fully saturated rings. The molecular weight excluding hydrogens is 403 g/mol. The first kappa shape index (κ1) is 19.4. The van der Waals surface area contributed by atoms with Crippen molar-refractivity contribution in [3.63, 3.8) is 0 Å². The van der Waals surface area contributed by atoms with Crippen LogP contribution in [0.4, 0.5) is 5.69 Å². The third kappa shape index (κ3) is 3.98. The zero-order valence-electron chi connectivity index (χ0n) is 16.0. The summed E-state index contributed by atoms with van der Waals surface area (Å²) >= 11 is 12.1. The van der Waals surface area contributed by atoms with Crippen molar-refractivity contribution in [3.05, 3.63) is 93.5 Å². The number of fused-ring (bicyclic) bond motifs is 1. The van der Waals surface area contributed by atoms with Gasteiger partial charge in [0.15, 0.2) is 0 Å². The fraction of sp³-hybridized carbons (Fsp3) is 0.0833. The van der Waals surface area contributed by atoms with Crippen LogP contribution in [0.5, 0.6) is 0 Å². The Morgan fingerprint density at radius 1 is 0.897 bits per heavy atom. The minimum Gasteiger partial charge on any atom is -0.322 e. The number of rotatable bonds is 3. The van der Waals surface area contributed by atoms with Crippen LogP contribution in [0, 0.1) is 13.8 Å². The van der Waals surface area contributed by atoms with Crippen molar-refractivity contribution in [1.29, 1.82) is 0 Å². The summed E-state index contributed by atoms with van der Waals surface area (Å²) in [4.78, 5) is 18.1. The van der Waals surface area contributed by atoms with Crippen LogP contribution < -0.4 is 5.32 Å². The van der Waals surface area contributed by atoms with E-state index in [1.165, 1.54) is 0 Å². The van der Waals surface area contributed by atoms with Gasteiger partial charge in [-0.15, -0.1) is 0 Å². The molecule has 1 amide bonds. The lowest BCUT2D eigenvalue weighted by molar-refractivity contribution is 0.102. The number of halogens is 2. The topological polar surface area (TPSA) is 42.0 Å². The second-order valence-electron chi connectivity index (χ2n) is 6.98. The number of benzene rings is 3.